The molecule has 3 N–H and O–H groups in total. The van der Waals surface area contributed by atoms with E-state index in [1.54, 1.807) is 6.07 Å². The number of ether oxygens (including phenoxy) is 1. The van der Waals surface area contributed by atoms with Crippen molar-refractivity contribution in [1.29, 1.82) is 0 Å². The first-order chi connectivity index (χ1) is 16.7. The number of hydrogen-bond acceptors (Lipinski definition) is 9. The van der Waals surface area contributed by atoms with Crippen LogP contribution in [0.3, 0.4) is 0 Å². The number of carbonyl (C=O) groups is 1. The summed E-state index contributed by atoms with van der Waals surface area (Å²) in [5.41, 5.74) is 0.807. The van der Waals surface area contributed by atoms with Crippen molar-refractivity contribution in [3.8, 4) is 5.88 Å². The first-order valence-corrected chi connectivity index (χ1v) is 11.6. The molecule has 3 aromatic rings. The van der Waals surface area contributed by atoms with Gasteiger partial charge in [-0.2, -0.15) is 0 Å². The summed E-state index contributed by atoms with van der Waals surface area (Å²) in [5.74, 6) is -0.313. The van der Waals surface area contributed by atoms with E-state index in [1.165, 1.54) is 67.8 Å². The van der Waals surface area contributed by atoms with Crippen molar-refractivity contribution in [3.63, 3.8) is 0 Å². The van der Waals surface area contributed by atoms with Gasteiger partial charge in [-0.05, 0) is 48.1 Å². The van der Waals surface area contributed by atoms with Crippen LogP contribution in [0.25, 0.3) is 6.08 Å². The second-order valence-corrected chi connectivity index (χ2v) is 8.79. The molecule has 0 aliphatic rings. The number of sulfonamides is 1. The van der Waals surface area contributed by atoms with E-state index < -0.39 is 20.9 Å². The molecule has 12 nitrogen and oxygen atoms in total. The minimum atomic E-state index is -3.92. The van der Waals surface area contributed by atoms with Crippen molar-refractivity contribution >= 4 is 56.5 Å². The van der Waals surface area contributed by atoms with E-state index >= 15 is 0 Å². The largest absolute Gasteiger partial charge is 0.481 e. The summed E-state index contributed by atoms with van der Waals surface area (Å²) in [5, 5.41) is 16.0. The Balaban J connectivity index is 1.57. The zero-order valence-electron chi connectivity index (χ0n) is 18.0. The molecule has 180 valence electrons. The van der Waals surface area contributed by atoms with Gasteiger partial charge >= 0.3 is 0 Å². The van der Waals surface area contributed by atoms with Gasteiger partial charge < -0.3 is 10.1 Å². The zero-order chi connectivity index (χ0) is 25.4. The van der Waals surface area contributed by atoms with Crippen LogP contribution in [0.4, 0.5) is 17.2 Å². The molecule has 35 heavy (non-hydrogen) atoms. The van der Waals surface area contributed by atoms with E-state index in [2.05, 4.69) is 25.3 Å². The number of hydrogen-bond donors (Lipinski definition) is 3. The van der Waals surface area contributed by atoms with Gasteiger partial charge in [-0.1, -0.05) is 12.1 Å². The number of nitro benzene ring substituents is 1. The number of benzene rings is 2. The molecule has 0 atom stereocenters. The van der Waals surface area contributed by atoms with Gasteiger partial charge in [-0.15, -0.1) is 0 Å². The summed E-state index contributed by atoms with van der Waals surface area (Å²) < 4.78 is 32.4. The third-order valence-electron chi connectivity index (χ3n) is 4.26. The first-order valence-electron chi connectivity index (χ1n) is 9.70. The molecule has 0 bridgehead atoms. The predicted octanol–water partition coefficient (Wildman–Crippen LogP) is 2.72. The van der Waals surface area contributed by atoms with E-state index in [1.807, 2.05) is 0 Å². The fraction of sp³-hybridized carbons (Fsp3) is 0.0476. The summed E-state index contributed by atoms with van der Waals surface area (Å²) in [6, 6.07) is 12.7. The zero-order valence-corrected chi connectivity index (χ0v) is 19.7. The number of aromatic nitrogens is 2. The van der Waals surface area contributed by atoms with Gasteiger partial charge in [0.15, 0.2) is 5.11 Å². The van der Waals surface area contributed by atoms with Crippen LogP contribution in [0.1, 0.15) is 5.56 Å². The Hall–Kier alpha value is -4.43. The Morgan fingerprint density at radius 1 is 1.14 bits per heavy atom. The average molecular weight is 515 g/mol. The molecule has 3 rings (SSSR count). The van der Waals surface area contributed by atoms with E-state index in [0.29, 0.717) is 11.3 Å². The number of non-ortho nitro benzene ring substituents is 1. The van der Waals surface area contributed by atoms with Crippen molar-refractivity contribution in [2.75, 3.05) is 17.1 Å². The van der Waals surface area contributed by atoms with Crippen LogP contribution in [-0.2, 0) is 14.8 Å². The van der Waals surface area contributed by atoms with Crippen LogP contribution in [0.5, 0.6) is 5.88 Å². The normalized spacial score (nSPS) is 11.0. The van der Waals surface area contributed by atoms with E-state index in [4.69, 9.17) is 17.0 Å². The molecule has 1 amide bonds. The highest BCUT2D eigenvalue weighted by Gasteiger charge is 2.15. The molecule has 0 saturated heterocycles. The Morgan fingerprint density at radius 2 is 1.89 bits per heavy atom. The fourth-order valence-electron chi connectivity index (χ4n) is 2.65. The lowest BCUT2D eigenvalue weighted by molar-refractivity contribution is -0.384. The molecule has 1 heterocycles. The molecule has 0 aliphatic heterocycles. The first kappa shape index (κ1) is 25.2. The lowest BCUT2D eigenvalue weighted by atomic mass is 10.2. The van der Waals surface area contributed by atoms with Crippen LogP contribution in [-0.4, -0.2) is 41.4 Å². The van der Waals surface area contributed by atoms with E-state index in [-0.39, 0.29) is 27.4 Å². The van der Waals surface area contributed by atoms with E-state index in [9.17, 15) is 23.3 Å². The number of anilines is 2. The fourth-order valence-corrected chi connectivity index (χ4v) is 3.87. The molecule has 0 aliphatic carbocycles. The Labute approximate surface area is 205 Å². The Bertz CT molecular complexity index is 1390. The maximum atomic E-state index is 12.6. The quantitative estimate of drug-likeness (QED) is 0.176. The molecule has 0 spiro atoms. The number of thiocarbonyl (C=S) groups is 1. The smallest absolute Gasteiger partial charge is 0.270 e. The second kappa shape index (κ2) is 11.1. The van der Waals surface area contributed by atoms with Crippen LogP contribution in [0.2, 0.25) is 0 Å². The minimum Gasteiger partial charge on any atom is -0.481 e. The summed E-state index contributed by atoms with van der Waals surface area (Å²) in [6.45, 7) is 0. The topological polar surface area (TPSA) is 165 Å². The van der Waals surface area contributed by atoms with Crippen molar-refractivity contribution in [1.82, 2.24) is 15.3 Å². The van der Waals surface area contributed by atoms with Gasteiger partial charge in [-0.3, -0.25) is 24.9 Å². The highest BCUT2D eigenvalue weighted by molar-refractivity contribution is 7.92. The molecule has 0 saturated carbocycles. The number of nitro groups is 1. The highest BCUT2D eigenvalue weighted by Crippen LogP contribution is 2.19. The molecule has 14 heteroatoms. The lowest BCUT2D eigenvalue weighted by Crippen LogP contribution is -2.32. The van der Waals surface area contributed by atoms with Crippen LogP contribution in [0.15, 0.2) is 71.9 Å². The maximum absolute atomic E-state index is 12.6. The third-order valence-corrected chi connectivity index (χ3v) is 5.83. The van der Waals surface area contributed by atoms with Gasteiger partial charge in [0.2, 0.25) is 11.8 Å². The average Bonchev–Trinajstić information content (AvgIpc) is 2.83. The molecule has 0 unspecified atom stereocenters. The highest BCUT2D eigenvalue weighted by atomic mass is 32.2. The third kappa shape index (κ3) is 7.28. The number of amides is 1. The SMILES string of the molecule is COc1cc(NS(=O)(=O)c2ccc(NC(=S)NC(=O)/C=C/c3cccc([N+](=O)[O-])c3)cc2)ncn1. The molecule has 0 fully saturated rings. The monoisotopic (exact) mass is 514 g/mol. The van der Waals surface area contributed by atoms with Gasteiger partial charge in [0.25, 0.3) is 15.7 Å². The number of methoxy groups -OCH3 is 1. The van der Waals surface area contributed by atoms with Gasteiger partial charge in [0.05, 0.1) is 16.9 Å². The Morgan fingerprint density at radius 3 is 2.57 bits per heavy atom. The molecular formula is C21H18N6O6S2. The van der Waals surface area contributed by atoms with Crippen molar-refractivity contribution in [2.45, 2.75) is 4.90 Å². The summed E-state index contributed by atoms with van der Waals surface area (Å²) in [7, 11) is -2.53. The van der Waals surface area contributed by atoms with E-state index in [0.717, 1.165) is 6.33 Å². The second-order valence-electron chi connectivity index (χ2n) is 6.70. The van der Waals surface area contributed by atoms with Crippen molar-refractivity contribution in [3.05, 3.63) is 82.7 Å². The molecule has 2 aromatic carbocycles. The molecule has 0 radical (unpaired) electrons. The van der Waals surface area contributed by atoms with Crippen LogP contribution >= 0.6 is 12.2 Å². The summed E-state index contributed by atoms with van der Waals surface area (Å²) in [6.07, 6.45) is 3.75. The standard InChI is InChI=1S/C21H18N6O6S2/c1-33-20-12-18(22-13-23-20)26-35(31,32)17-8-6-15(7-9-17)24-21(34)25-19(28)10-5-14-3-2-4-16(11-14)27(29)30/h2-13H,1H3,(H,22,23,26)(H2,24,25,28,34)/b10-5+. The minimum absolute atomic E-state index is 0.0273. The number of rotatable bonds is 8. The summed E-state index contributed by atoms with van der Waals surface area (Å²) >= 11 is 5.09. The van der Waals surface area contributed by atoms with Crippen molar-refractivity contribution in [2.24, 2.45) is 0 Å². The maximum Gasteiger partial charge on any atom is 0.270 e. The van der Waals surface area contributed by atoms with Gasteiger partial charge in [-0.25, -0.2) is 18.4 Å². The molecular weight excluding hydrogens is 496 g/mol. The predicted molar refractivity (Wildman–Crippen MR) is 132 cm³/mol. The summed E-state index contributed by atoms with van der Waals surface area (Å²) in [4.78, 5) is 30.0. The van der Waals surface area contributed by atoms with Gasteiger partial charge in [0.1, 0.15) is 12.1 Å². The Kier molecular flexibility index (Phi) is 8.01. The van der Waals surface area contributed by atoms with Crippen LogP contribution < -0.4 is 20.1 Å². The van der Waals surface area contributed by atoms with Crippen LogP contribution in [0, 0.1) is 10.1 Å². The number of nitrogens with one attached hydrogen (secondary N) is 3. The van der Waals surface area contributed by atoms with Gasteiger partial charge in [0, 0.05) is 30.0 Å². The number of nitrogens with zero attached hydrogens (tertiary/aromatic N) is 3. The number of carbonyl (C=O) groups excluding carboxylic acids is 1. The molecule has 1 aromatic heterocycles. The van der Waals surface area contributed by atoms with Crippen molar-refractivity contribution < 1.29 is 22.9 Å². The lowest BCUT2D eigenvalue weighted by Gasteiger charge is -2.10.